The van der Waals surface area contributed by atoms with Gasteiger partial charge in [0.05, 0.1) is 6.21 Å². The molecule has 0 heterocycles. The molecule has 0 N–H and O–H groups in total. The lowest BCUT2D eigenvalue weighted by Gasteiger charge is -2.01. The Hall–Kier alpha value is -1.75. The molecule has 0 saturated heterocycles. The molecule has 0 aliphatic carbocycles. The van der Waals surface area contributed by atoms with Crippen LogP contribution in [0.5, 0.6) is 0 Å². The number of benzene rings is 2. The van der Waals surface area contributed by atoms with E-state index >= 15 is 0 Å². The Morgan fingerprint density at radius 3 is 2.53 bits per heavy atom. The smallest absolute Gasteiger partial charge is 0.145 e. The van der Waals surface area contributed by atoms with Gasteiger partial charge in [-0.15, -0.1) is 0 Å². The molecule has 2 nitrogen and oxygen atoms in total. The maximum atomic E-state index is 13.3. The van der Waals surface area contributed by atoms with Crippen LogP contribution >= 0.6 is 15.9 Å². The van der Waals surface area contributed by atoms with E-state index in [1.807, 2.05) is 24.3 Å². The lowest BCUT2D eigenvalue weighted by atomic mass is 10.2. The molecule has 0 amide bonds. The van der Waals surface area contributed by atoms with E-state index in [0.29, 0.717) is 0 Å². The van der Waals surface area contributed by atoms with Crippen molar-refractivity contribution in [3.05, 3.63) is 69.7 Å². The van der Waals surface area contributed by atoms with E-state index in [1.165, 1.54) is 18.3 Å². The number of rotatable bonds is 4. The van der Waals surface area contributed by atoms with Crippen molar-refractivity contribution in [2.45, 2.75) is 6.61 Å². The molecule has 0 saturated carbocycles. The lowest BCUT2D eigenvalue weighted by Crippen LogP contribution is -1.93. The molecule has 2 rings (SSSR count). The second kappa shape index (κ2) is 6.43. The molecule has 0 aliphatic rings. The van der Waals surface area contributed by atoms with Crippen LogP contribution in [0.1, 0.15) is 11.1 Å². The first-order chi connectivity index (χ1) is 9.15. The second-order valence-corrected chi connectivity index (χ2v) is 4.71. The molecule has 0 aromatic heterocycles. The molecule has 0 atom stereocenters. The first kappa shape index (κ1) is 13.7. The van der Waals surface area contributed by atoms with Crippen molar-refractivity contribution in [3.8, 4) is 0 Å². The van der Waals surface area contributed by atoms with Crippen molar-refractivity contribution < 1.29 is 13.6 Å². The van der Waals surface area contributed by atoms with E-state index in [2.05, 4.69) is 21.1 Å². The average Bonchev–Trinajstić information content (AvgIpc) is 2.39. The number of hydrogen-bond donors (Lipinski definition) is 0. The quantitative estimate of drug-likeness (QED) is 0.607. The normalized spacial score (nSPS) is 10.9. The van der Waals surface area contributed by atoms with Gasteiger partial charge in [-0.05, 0) is 29.8 Å². The molecular formula is C14H10BrF2NO. The van der Waals surface area contributed by atoms with Crippen LogP contribution in [0.25, 0.3) is 0 Å². The van der Waals surface area contributed by atoms with Gasteiger partial charge in [0.1, 0.15) is 18.2 Å². The Morgan fingerprint density at radius 1 is 1.11 bits per heavy atom. The number of hydrogen-bond acceptors (Lipinski definition) is 2. The maximum absolute atomic E-state index is 13.3. The highest BCUT2D eigenvalue weighted by Gasteiger charge is 2.03. The average molecular weight is 326 g/mol. The summed E-state index contributed by atoms with van der Waals surface area (Å²) in [7, 11) is 0. The van der Waals surface area contributed by atoms with Crippen LogP contribution in [-0.4, -0.2) is 6.21 Å². The van der Waals surface area contributed by atoms with Crippen molar-refractivity contribution in [1.29, 1.82) is 0 Å². The second-order valence-electron chi connectivity index (χ2n) is 3.80. The van der Waals surface area contributed by atoms with Crippen LogP contribution in [-0.2, 0) is 11.4 Å². The van der Waals surface area contributed by atoms with E-state index in [9.17, 15) is 8.78 Å². The number of oxime groups is 1. The minimum Gasteiger partial charge on any atom is -0.391 e. The van der Waals surface area contributed by atoms with Gasteiger partial charge < -0.3 is 4.84 Å². The Balaban J connectivity index is 1.91. The van der Waals surface area contributed by atoms with Gasteiger partial charge >= 0.3 is 0 Å². The van der Waals surface area contributed by atoms with E-state index in [1.54, 1.807) is 0 Å². The van der Waals surface area contributed by atoms with Gasteiger partial charge in [-0.2, -0.15) is 0 Å². The molecule has 0 fully saturated rings. The number of nitrogens with zero attached hydrogens (tertiary/aromatic N) is 1. The first-order valence-electron chi connectivity index (χ1n) is 5.50. The summed E-state index contributed by atoms with van der Waals surface area (Å²) in [5, 5.41) is 3.73. The SMILES string of the molecule is Fc1ccc(CON=Cc2ccc(Br)cc2)c(F)c1. The summed E-state index contributed by atoms with van der Waals surface area (Å²) in [5.41, 5.74) is 1.12. The molecule has 98 valence electrons. The molecule has 2 aromatic carbocycles. The molecule has 0 aliphatic heterocycles. The summed E-state index contributed by atoms with van der Waals surface area (Å²) in [4.78, 5) is 4.97. The zero-order chi connectivity index (χ0) is 13.7. The van der Waals surface area contributed by atoms with Crippen LogP contribution in [0.4, 0.5) is 8.78 Å². The molecule has 5 heteroatoms. The highest BCUT2D eigenvalue weighted by Crippen LogP contribution is 2.11. The summed E-state index contributed by atoms with van der Waals surface area (Å²) >= 11 is 3.32. The third-order valence-electron chi connectivity index (χ3n) is 2.38. The molecule has 0 spiro atoms. The van der Waals surface area contributed by atoms with E-state index < -0.39 is 11.6 Å². The zero-order valence-corrected chi connectivity index (χ0v) is 11.4. The number of halogens is 3. The summed E-state index contributed by atoms with van der Waals surface area (Å²) in [6, 6.07) is 10.8. The van der Waals surface area contributed by atoms with Gasteiger partial charge in [0, 0.05) is 16.1 Å². The van der Waals surface area contributed by atoms with E-state index in [-0.39, 0.29) is 12.2 Å². The van der Waals surface area contributed by atoms with Crippen LogP contribution in [0.3, 0.4) is 0 Å². The largest absolute Gasteiger partial charge is 0.391 e. The molecule has 0 radical (unpaired) electrons. The van der Waals surface area contributed by atoms with Gasteiger partial charge in [0.2, 0.25) is 0 Å². The van der Waals surface area contributed by atoms with Crippen molar-refractivity contribution in [1.82, 2.24) is 0 Å². The summed E-state index contributed by atoms with van der Waals surface area (Å²) in [6.07, 6.45) is 1.52. The first-order valence-corrected chi connectivity index (χ1v) is 6.29. The third-order valence-corrected chi connectivity index (χ3v) is 2.91. The van der Waals surface area contributed by atoms with Gasteiger partial charge in [-0.3, -0.25) is 0 Å². The lowest BCUT2D eigenvalue weighted by molar-refractivity contribution is 0.129. The Kier molecular flexibility index (Phi) is 4.63. The molecule has 0 bridgehead atoms. The van der Waals surface area contributed by atoms with Crippen LogP contribution in [0.15, 0.2) is 52.1 Å². The molecular weight excluding hydrogens is 316 g/mol. The van der Waals surface area contributed by atoms with Gasteiger partial charge in [0.15, 0.2) is 0 Å². The predicted octanol–water partition coefficient (Wildman–Crippen LogP) is 4.28. The van der Waals surface area contributed by atoms with Crippen molar-refractivity contribution in [2.24, 2.45) is 5.16 Å². The van der Waals surface area contributed by atoms with Crippen molar-refractivity contribution in [2.75, 3.05) is 0 Å². The highest BCUT2D eigenvalue weighted by molar-refractivity contribution is 9.10. The standard InChI is InChI=1S/C14H10BrF2NO/c15-12-4-1-10(2-5-12)8-18-19-9-11-3-6-13(16)7-14(11)17/h1-8H,9H2. The Bertz CT molecular complexity index is 584. The van der Waals surface area contributed by atoms with E-state index in [0.717, 1.165) is 16.1 Å². The third kappa shape index (κ3) is 4.13. The monoisotopic (exact) mass is 325 g/mol. The molecule has 0 unspecified atom stereocenters. The highest BCUT2D eigenvalue weighted by atomic mass is 79.9. The zero-order valence-electron chi connectivity index (χ0n) is 9.82. The molecule has 2 aromatic rings. The van der Waals surface area contributed by atoms with E-state index in [4.69, 9.17) is 4.84 Å². The fourth-order valence-corrected chi connectivity index (χ4v) is 1.66. The fraction of sp³-hybridized carbons (Fsp3) is 0.0714. The minimum absolute atomic E-state index is 0.0425. The van der Waals surface area contributed by atoms with Crippen molar-refractivity contribution in [3.63, 3.8) is 0 Å². The maximum Gasteiger partial charge on any atom is 0.145 e. The fourth-order valence-electron chi connectivity index (χ4n) is 1.39. The summed E-state index contributed by atoms with van der Waals surface area (Å²) < 4.78 is 26.9. The van der Waals surface area contributed by atoms with Gasteiger partial charge in [-0.25, -0.2) is 8.78 Å². The van der Waals surface area contributed by atoms with Crippen molar-refractivity contribution >= 4 is 22.1 Å². The predicted molar refractivity (Wildman–Crippen MR) is 72.9 cm³/mol. The van der Waals surface area contributed by atoms with Crippen LogP contribution in [0.2, 0.25) is 0 Å². The minimum atomic E-state index is -0.640. The molecule has 19 heavy (non-hydrogen) atoms. The summed E-state index contributed by atoms with van der Waals surface area (Å²) in [6.45, 7) is -0.0425. The Morgan fingerprint density at radius 2 is 1.84 bits per heavy atom. The summed E-state index contributed by atoms with van der Waals surface area (Å²) in [5.74, 6) is -1.25. The topological polar surface area (TPSA) is 21.6 Å². The van der Waals surface area contributed by atoms with Crippen LogP contribution < -0.4 is 0 Å². The van der Waals surface area contributed by atoms with Gasteiger partial charge in [-0.1, -0.05) is 33.2 Å². The van der Waals surface area contributed by atoms with Gasteiger partial charge in [0.25, 0.3) is 0 Å². The van der Waals surface area contributed by atoms with Crippen LogP contribution in [0, 0.1) is 11.6 Å². The Labute approximate surface area is 117 Å².